The predicted octanol–water partition coefficient (Wildman–Crippen LogP) is 9.62. The molecular formula is C37H33Cl2N2O4+. The summed E-state index contributed by atoms with van der Waals surface area (Å²) >= 11 is 12.5. The van der Waals surface area contributed by atoms with Gasteiger partial charge in [-0.15, -0.1) is 0 Å². The summed E-state index contributed by atoms with van der Waals surface area (Å²) in [6, 6.07) is 20.0. The molecule has 45 heavy (non-hydrogen) atoms. The highest BCUT2D eigenvalue weighted by atomic mass is 35.5. The van der Waals surface area contributed by atoms with Crippen LogP contribution in [0.5, 0.6) is 0 Å². The van der Waals surface area contributed by atoms with Crippen molar-refractivity contribution in [3.05, 3.63) is 118 Å². The third kappa shape index (κ3) is 4.93. The number of hydrogen-bond acceptors (Lipinski definition) is 2. The molecule has 8 heteroatoms. The summed E-state index contributed by atoms with van der Waals surface area (Å²) < 4.78 is 2.15. The summed E-state index contributed by atoms with van der Waals surface area (Å²) in [5, 5.41) is 24.9. The zero-order chi connectivity index (χ0) is 32.3. The van der Waals surface area contributed by atoms with E-state index >= 15 is 0 Å². The molecule has 0 aliphatic carbocycles. The number of rotatable bonds is 6. The standard InChI is InChI=1S/C37H32Cl2N2O4/c1-36(2)26-20-27(38)28(39)21-29(26)41(35(44)45)31(36)17-7-5-6-16-30-37(3,4)33-24-14-10-8-12-22(24)23-13-9-11-15-25(23)34(33)40(30)19-18-32(42)43/h5-17,20-21H,18-19H2,1-4H3,(H-,42,43,44,45)/p+1. The van der Waals surface area contributed by atoms with E-state index in [0.29, 0.717) is 28.0 Å². The van der Waals surface area contributed by atoms with Crippen molar-refractivity contribution in [2.45, 2.75) is 44.9 Å². The lowest BCUT2D eigenvalue weighted by Crippen LogP contribution is -2.30. The smallest absolute Gasteiger partial charge is 0.416 e. The number of halogens is 2. The van der Waals surface area contributed by atoms with E-state index in [9.17, 15) is 19.8 Å². The Labute approximate surface area is 271 Å². The number of carboxylic acid groups (broad SMARTS) is 2. The highest BCUT2D eigenvalue weighted by Gasteiger charge is 2.47. The quantitative estimate of drug-likeness (QED) is 0.125. The first kappa shape index (κ1) is 30.6. The van der Waals surface area contributed by atoms with Crippen molar-refractivity contribution >= 4 is 73.9 Å². The Bertz CT molecular complexity index is 2050. The maximum atomic E-state index is 12.4. The van der Waals surface area contributed by atoms with Crippen LogP contribution in [0.25, 0.3) is 21.5 Å². The molecular weight excluding hydrogens is 607 g/mol. The number of nitrogens with zero attached hydrogens (tertiary/aromatic N) is 2. The number of aliphatic carboxylic acids is 1. The number of hydrogen-bond donors (Lipinski definition) is 2. The van der Waals surface area contributed by atoms with Crippen LogP contribution in [-0.2, 0) is 15.6 Å². The van der Waals surface area contributed by atoms with Crippen LogP contribution in [0.1, 0.15) is 45.2 Å². The molecule has 0 spiro atoms. The molecule has 4 aromatic carbocycles. The maximum absolute atomic E-state index is 12.4. The average molecular weight is 641 g/mol. The van der Waals surface area contributed by atoms with Crippen molar-refractivity contribution in [2.24, 2.45) is 0 Å². The summed E-state index contributed by atoms with van der Waals surface area (Å²) in [7, 11) is 0. The van der Waals surface area contributed by atoms with Gasteiger partial charge in [-0.25, -0.2) is 9.69 Å². The van der Waals surface area contributed by atoms with Crippen LogP contribution in [0.4, 0.5) is 16.2 Å². The van der Waals surface area contributed by atoms with Gasteiger partial charge >= 0.3 is 12.1 Å². The Kier molecular flexibility index (Phi) is 7.62. The van der Waals surface area contributed by atoms with Gasteiger partial charge in [0.05, 0.1) is 26.5 Å². The monoisotopic (exact) mass is 639 g/mol. The number of benzene rings is 4. The molecule has 0 saturated heterocycles. The van der Waals surface area contributed by atoms with Gasteiger partial charge in [0.1, 0.15) is 6.42 Å². The lowest BCUT2D eigenvalue weighted by molar-refractivity contribution is -0.435. The molecule has 0 fully saturated rings. The first-order valence-electron chi connectivity index (χ1n) is 14.7. The molecule has 6 rings (SSSR count). The summed E-state index contributed by atoms with van der Waals surface area (Å²) in [5.41, 5.74) is 4.01. The number of carbonyl (C=O) groups is 2. The van der Waals surface area contributed by atoms with Crippen molar-refractivity contribution in [3.8, 4) is 0 Å². The van der Waals surface area contributed by atoms with Crippen molar-refractivity contribution in [1.29, 1.82) is 0 Å². The van der Waals surface area contributed by atoms with E-state index in [2.05, 4.69) is 42.7 Å². The lowest BCUT2D eigenvalue weighted by Gasteiger charge is -2.23. The second kappa shape index (κ2) is 11.2. The molecule has 0 aromatic heterocycles. The van der Waals surface area contributed by atoms with E-state index in [1.165, 1.54) is 15.8 Å². The molecule has 0 bridgehead atoms. The Balaban J connectivity index is 1.44. The van der Waals surface area contributed by atoms with E-state index < -0.39 is 22.9 Å². The van der Waals surface area contributed by atoms with Gasteiger partial charge in [-0.2, -0.15) is 4.58 Å². The van der Waals surface area contributed by atoms with Gasteiger partial charge in [-0.3, -0.25) is 4.79 Å². The fraction of sp³-hybridized carbons (Fsp3) is 0.216. The third-order valence-electron chi connectivity index (χ3n) is 9.04. The fourth-order valence-corrected chi connectivity index (χ4v) is 7.30. The Morgan fingerprint density at radius 3 is 2.07 bits per heavy atom. The molecule has 2 aliphatic heterocycles. The van der Waals surface area contributed by atoms with Crippen molar-refractivity contribution in [1.82, 2.24) is 0 Å². The molecule has 0 atom stereocenters. The number of anilines is 1. The Hall–Kier alpha value is -4.39. The third-order valence-corrected chi connectivity index (χ3v) is 9.76. The normalized spacial score (nSPS) is 17.7. The van der Waals surface area contributed by atoms with Gasteiger partial charge in [0.2, 0.25) is 5.69 Å². The van der Waals surface area contributed by atoms with E-state index in [1.807, 2.05) is 62.4 Å². The molecule has 2 N–H and O–H groups in total. The van der Waals surface area contributed by atoms with Crippen molar-refractivity contribution < 1.29 is 24.4 Å². The molecule has 0 saturated carbocycles. The fourth-order valence-electron chi connectivity index (χ4n) is 6.98. The maximum Gasteiger partial charge on any atom is 0.416 e. The Morgan fingerprint density at radius 1 is 0.822 bits per heavy atom. The van der Waals surface area contributed by atoms with Gasteiger partial charge in [-0.1, -0.05) is 97.7 Å². The minimum absolute atomic E-state index is 0.00928. The second-order valence-corrected chi connectivity index (χ2v) is 13.3. The molecule has 228 valence electrons. The lowest BCUT2D eigenvalue weighted by atomic mass is 9.78. The zero-order valence-electron chi connectivity index (χ0n) is 25.4. The van der Waals surface area contributed by atoms with Gasteiger partial charge in [0, 0.05) is 22.8 Å². The first-order chi connectivity index (χ1) is 21.4. The van der Waals surface area contributed by atoms with E-state index in [1.54, 1.807) is 18.2 Å². The van der Waals surface area contributed by atoms with Crippen LogP contribution < -0.4 is 4.90 Å². The van der Waals surface area contributed by atoms with E-state index in [0.717, 1.165) is 33.1 Å². The molecule has 6 nitrogen and oxygen atoms in total. The molecule has 4 aromatic rings. The minimum atomic E-state index is -1.11. The van der Waals surface area contributed by atoms with Crippen molar-refractivity contribution in [2.75, 3.05) is 11.4 Å². The zero-order valence-corrected chi connectivity index (χ0v) is 26.9. The first-order valence-corrected chi connectivity index (χ1v) is 15.5. The van der Waals surface area contributed by atoms with Crippen molar-refractivity contribution in [3.63, 3.8) is 0 Å². The molecule has 0 radical (unpaired) electrons. The molecule has 2 aliphatic rings. The predicted molar refractivity (Wildman–Crippen MR) is 183 cm³/mol. The Morgan fingerprint density at radius 2 is 1.42 bits per heavy atom. The molecule has 1 amide bonds. The summed E-state index contributed by atoms with van der Waals surface area (Å²) in [4.78, 5) is 25.4. The van der Waals surface area contributed by atoms with Gasteiger partial charge < -0.3 is 10.2 Å². The molecule has 0 unspecified atom stereocenters. The van der Waals surface area contributed by atoms with Crippen LogP contribution in [0, 0.1) is 0 Å². The topological polar surface area (TPSA) is 80.9 Å². The van der Waals surface area contributed by atoms with E-state index in [-0.39, 0.29) is 6.42 Å². The number of fused-ring (bicyclic) bond motifs is 7. The summed E-state index contributed by atoms with van der Waals surface area (Å²) in [5.74, 6) is -0.855. The highest BCUT2D eigenvalue weighted by Crippen LogP contribution is 2.51. The van der Waals surface area contributed by atoms with E-state index in [4.69, 9.17) is 23.2 Å². The second-order valence-electron chi connectivity index (χ2n) is 12.4. The van der Waals surface area contributed by atoms with Gasteiger partial charge in [0.25, 0.3) is 0 Å². The van der Waals surface area contributed by atoms with Crippen LogP contribution >= 0.6 is 23.2 Å². The van der Waals surface area contributed by atoms with Gasteiger partial charge in [0.15, 0.2) is 12.3 Å². The summed E-state index contributed by atoms with van der Waals surface area (Å²) in [6.45, 7) is 8.60. The van der Waals surface area contributed by atoms with Crippen LogP contribution in [-0.4, -0.2) is 39.1 Å². The molecule has 2 heterocycles. The van der Waals surface area contributed by atoms with Crippen LogP contribution in [0.15, 0.2) is 96.7 Å². The SMILES string of the molecule is CC1(C)C(/C=C/C=C/C=C2\N(C(=O)O)c3cc(Cl)c(Cl)cc3C2(C)C)=[N+](CCC(=O)O)c2c1c1ccccc1c1ccccc21. The van der Waals surface area contributed by atoms with Crippen LogP contribution in [0.3, 0.4) is 0 Å². The highest BCUT2D eigenvalue weighted by molar-refractivity contribution is 6.42. The summed E-state index contributed by atoms with van der Waals surface area (Å²) in [6.07, 6.45) is 8.32. The largest absolute Gasteiger partial charge is 0.481 e. The van der Waals surface area contributed by atoms with Crippen LogP contribution in [0.2, 0.25) is 10.0 Å². The number of amides is 1. The van der Waals surface area contributed by atoms with Gasteiger partial charge in [-0.05, 0) is 59.8 Å². The number of carboxylic acids is 1. The average Bonchev–Trinajstić information content (AvgIpc) is 3.35. The minimum Gasteiger partial charge on any atom is -0.481 e. The number of allylic oxidation sites excluding steroid dienone is 6.